The van der Waals surface area contributed by atoms with E-state index in [1.165, 1.54) is 5.56 Å². The Labute approximate surface area is 248 Å². The Bertz CT molecular complexity index is 1380. The van der Waals surface area contributed by atoms with E-state index in [9.17, 15) is 9.59 Å². The van der Waals surface area contributed by atoms with Crippen molar-refractivity contribution in [2.45, 2.75) is 44.8 Å². The van der Waals surface area contributed by atoms with Crippen LogP contribution < -0.4 is 9.64 Å². The van der Waals surface area contributed by atoms with E-state index in [-0.39, 0.29) is 17.8 Å². The van der Waals surface area contributed by atoms with Crippen LogP contribution in [0.5, 0.6) is 5.75 Å². The van der Waals surface area contributed by atoms with Crippen LogP contribution in [-0.4, -0.2) is 72.9 Å². The number of hydrogen-bond donors (Lipinski definition) is 0. The van der Waals surface area contributed by atoms with Gasteiger partial charge in [0.2, 0.25) is 0 Å². The first-order valence-corrected chi connectivity index (χ1v) is 14.8. The second-order valence-corrected chi connectivity index (χ2v) is 11.6. The van der Waals surface area contributed by atoms with E-state index in [4.69, 9.17) is 10.00 Å². The van der Waals surface area contributed by atoms with Gasteiger partial charge in [0.1, 0.15) is 17.5 Å². The summed E-state index contributed by atoms with van der Waals surface area (Å²) in [5.41, 5.74) is 3.95. The standard InChI is InChI=1S/C34H39N5O3/c1-37(2)29-8-10-30(11-9-29)42-31-15-19-39(20-16-31)34(41)32-12-7-28(23-36-32)33(40)21-25-13-17-38(18-14-25)24-27-5-3-26(22-35)4-6-27/h3-12,23,25,31H,13-21,24H2,1-2H3. The highest BCUT2D eigenvalue weighted by molar-refractivity contribution is 5.97. The SMILES string of the molecule is CN(C)c1ccc(OC2CCN(C(=O)c3ccc(C(=O)CC4CCN(Cc5ccc(C#N)cc5)CC4)cn3)CC2)cc1. The molecule has 0 spiro atoms. The maximum absolute atomic E-state index is 13.1. The number of nitriles is 1. The van der Waals surface area contributed by atoms with Gasteiger partial charge in [0.25, 0.3) is 5.91 Å². The number of benzene rings is 2. The summed E-state index contributed by atoms with van der Waals surface area (Å²) in [4.78, 5) is 36.7. The quantitative estimate of drug-likeness (QED) is 0.330. The lowest BCUT2D eigenvalue weighted by molar-refractivity contribution is 0.0589. The Morgan fingerprint density at radius 3 is 2.21 bits per heavy atom. The molecule has 5 rings (SSSR count). The maximum Gasteiger partial charge on any atom is 0.272 e. The Morgan fingerprint density at radius 1 is 0.929 bits per heavy atom. The van der Waals surface area contributed by atoms with E-state index in [1.54, 1.807) is 18.3 Å². The van der Waals surface area contributed by atoms with Crippen LogP contribution in [0.15, 0.2) is 66.9 Å². The summed E-state index contributed by atoms with van der Waals surface area (Å²) < 4.78 is 6.15. The van der Waals surface area contributed by atoms with Crippen molar-refractivity contribution in [3.05, 3.63) is 89.2 Å². The van der Waals surface area contributed by atoms with Crippen LogP contribution in [0.2, 0.25) is 0 Å². The number of hydrogen-bond acceptors (Lipinski definition) is 7. The molecular weight excluding hydrogens is 526 g/mol. The highest BCUT2D eigenvalue weighted by Crippen LogP contribution is 2.25. The van der Waals surface area contributed by atoms with Crippen LogP contribution in [0.25, 0.3) is 0 Å². The van der Waals surface area contributed by atoms with Crippen LogP contribution in [0, 0.1) is 17.2 Å². The summed E-state index contributed by atoms with van der Waals surface area (Å²) >= 11 is 0. The molecular formula is C34H39N5O3. The van der Waals surface area contributed by atoms with E-state index in [0.29, 0.717) is 42.2 Å². The number of pyridine rings is 1. The fourth-order valence-corrected chi connectivity index (χ4v) is 5.71. The highest BCUT2D eigenvalue weighted by Gasteiger charge is 2.26. The fourth-order valence-electron chi connectivity index (χ4n) is 5.71. The summed E-state index contributed by atoms with van der Waals surface area (Å²) in [5.74, 6) is 1.19. The van der Waals surface area contributed by atoms with Crippen molar-refractivity contribution in [3.8, 4) is 11.8 Å². The number of nitrogens with zero attached hydrogens (tertiary/aromatic N) is 5. The van der Waals surface area contributed by atoms with Crippen molar-refractivity contribution in [2.75, 3.05) is 45.2 Å². The molecule has 1 aromatic heterocycles. The van der Waals surface area contributed by atoms with Gasteiger partial charge >= 0.3 is 0 Å². The van der Waals surface area contributed by atoms with Gasteiger partial charge in [-0.05, 0) is 85.9 Å². The molecule has 0 saturated carbocycles. The average molecular weight is 566 g/mol. The Kier molecular flexibility index (Phi) is 9.50. The van der Waals surface area contributed by atoms with E-state index < -0.39 is 0 Å². The van der Waals surface area contributed by atoms with Crippen molar-refractivity contribution in [2.24, 2.45) is 5.92 Å². The number of likely N-dealkylation sites (tertiary alicyclic amines) is 2. The second kappa shape index (κ2) is 13.6. The smallest absolute Gasteiger partial charge is 0.272 e. The monoisotopic (exact) mass is 565 g/mol. The number of amides is 1. The Hall–Kier alpha value is -4.22. The van der Waals surface area contributed by atoms with Gasteiger partial charge in [0.05, 0.1) is 11.6 Å². The van der Waals surface area contributed by atoms with Crippen molar-refractivity contribution in [1.29, 1.82) is 5.26 Å². The molecule has 0 atom stereocenters. The summed E-state index contributed by atoms with van der Waals surface area (Å²) in [6.45, 7) is 4.00. The van der Waals surface area contributed by atoms with E-state index in [2.05, 4.69) is 20.9 Å². The van der Waals surface area contributed by atoms with Gasteiger partial charge in [-0.3, -0.25) is 19.5 Å². The van der Waals surface area contributed by atoms with Gasteiger partial charge in [-0.25, -0.2) is 0 Å². The summed E-state index contributed by atoms with van der Waals surface area (Å²) in [6, 6.07) is 21.4. The largest absolute Gasteiger partial charge is 0.490 e. The lowest BCUT2D eigenvalue weighted by Gasteiger charge is -2.32. The van der Waals surface area contributed by atoms with Gasteiger partial charge in [0.15, 0.2) is 5.78 Å². The number of ketones is 1. The number of piperidine rings is 2. The van der Waals surface area contributed by atoms with Crippen molar-refractivity contribution < 1.29 is 14.3 Å². The van der Waals surface area contributed by atoms with Crippen LogP contribution in [0.1, 0.15) is 64.1 Å². The van der Waals surface area contributed by atoms with Gasteiger partial charge in [-0.15, -0.1) is 0 Å². The lowest BCUT2D eigenvalue weighted by Crippen LogP contribution is -2.42. The molecule has 0 aliphatic carbocycles. The first-order chi connectivity index (χ1) is 20.4. The zero-order chi connectivity index (χ0) is 29.5. The van der Waals surface area contributed by atoms with Gasteiger partial charge in [0, 0.05) is 70.4 Å². The van der Waals surface area contributed by atoms with Gasteiger partial charge in [-0.1, -0.05) is 12.1 Å². The minimum Gasteiger partial charge on any atom is -0.490 e. The molecule has 0 N–H and O–H groups in total. The van der Waals surface area contributed by atoms with Crippen LogP contribution >= 0.6 is 0 Å². The first-order valence-electron chi connectivity index (χ1n) is 14.8. The molecule has 2 aliphatic heterocycles. The molecule has 8 heteroatoms. The summed E-state index contributed by atoms with van der Waals surface area (Å²) in [5, 5.41) is 8.97. The zero-order valence-electron chi connectivity index (χ0n) is 24.5. The average Bonchev–Trinajstić information content (AvgIpc) is 3.03. The molecule has 218 valence electrons. The Morgan fingerprint density at radius 2 is 1.62 bits per heavy atom. The molecule has 42 heavy (non-hydrogen) atoms. The fraction of sp³-hybridized carbons (Fsp3) is 0.412. The Balaban J connectivity index is 1.04. The summed E-state index contributed by atoms with van der Waals surface area (Å²) in [6.07, 6.45) is 5.64. The molecule has 3 aromatic rings. The van der Waals surface area contributed by atoms with Gasteiger partial charge < -0.3 is 14.5 Å². The molecule has 2 fully saturated rings. The van der Waals surface area contributed by atoms with Crippen LogP contribution in [0.3, 0.4) is 0 Å². The molecule has 8 nitrogen and oxygen atoms in total. The maximum atomic E-state index is 13.1. The number of Topliss-reactive ketones (excluding diaryl/α,β-unsaturated/α-hetero) is 1. The third kappa shape index (κ3) is 7.54. The zero-order valence-corrected chi connectivity index (χ0v) is 24.5. The molecule has 2 saturated heterocycles. The van der Waals surface area contributed by atoms with E-state index in [0.717, 1.165) is 56.8 Å². The molecule has 3 heterocycles. The number of aromatic nitrogens is 1. The second-order valence-electron chi connectivity index (χ2n) is 11.6. The minimum atomic E-state index is -0.0996. The normalized spacial score (nSPS) is 16.5. The third-order valence-corrected chi connectivity index (χ3v) is 8.36. The minimum absolute atomic E-state index is 0.0787. The summed E-state index contributed by atoms with van der Waals surface area (Å²) in [7, 11) is 4.02. The predicted molar refractivity (Wildman–Crippen MR) is 163 cm³/mol. The van der Waals surface area contributed by atoms with E-state index in [1.807, 2.05) is 67.5 Å². The number of anilines is 1. The molecule has 2 aliphatic rings. The van der Waals surface area contributed by atoms with Crippen LogP contribution in [-0.2, 0) is 6.54 Å². The molecule has 0 unspecified atom stereocenters. The molecule has 1 amide bonds. The lowest BCUT2D eigenvalue weighted by atomic mass is 9.90. The predicted octanol–water partition coefficient (Wildman–Crippen LogP) is 5.19. The molecule has 0 bridgehead atoms. The highest BCUT2D eigenvalue weighted by atomic mass is 16.5. The van der Waals surface area contributed by atoms with Gasteiger partial charge in [-0.2, -0.15) is 5.26 Å². The number of rotatable bonds is 9. The van der Waals surface area contributed by atoms with E-state index >= 15 is 0 Å². The number of carbonyl (C=O) groups excluding carboxylic acids is 2. The van der Waals surface area contributed by atoms with Crippen molar-refractivity contribution in [1.82, 2.24) is 14.8 Å². The first kappa shape index (κ1) is 29.3. The molecule has 2 aromatic carbocycles. The van der Waals surface area contributed by atoms with Crippen molar-refractivity contribution >= 4 is 17.4 Å². The van der Waals surface area contributed by atoms with Crippen LogP contribution in [0.4, 0.5) is 5.69 Å². The number of carbonyl (C=O) groups is 2. The number of ether oxygens (including phenoxy) is 1. The third-order valence-electron chi connectivity index (χ3n) is 8.36. The van der Waals surface area contributed by atoms with Crippen molar-refractivity contribution in [3.63, 3.8) is 0 Å². The molecule has 0 radical (unpaired) electrons. The topological polar surface area (TPSA) is 89.8 Å².